The Balaban J connectivity index is 2.14. The van der Waals surface area contributed by atoms with E-state index in [-0.39, 0.29) is 5.41 Å². The molecular weight excluding hydrogens is 216 g/mol. The number of hydrogen-bond donors (Lipinski definition) is 1. The Labute approximate surface area is 98.7 Å². The number of nitrogens with zero attached hydrogens (tertiary/aromatic N) is 1. The van der Waals surface area contributed by atoms with E-state index < -0.39 is 5.76 Å². The van der Waals surface area contributed by atoms with Crippen molar-refractivity contribution in [2.45, 2.75) is 31.1 Å². The van der Waals surface area contributed by atoms with Gasteiger partial charge >= 0.3 is 5.76 Å². The van der Waals surface area contributed by atoms with Crippen LogP contribution < -0.4 is 5.76 Å². The van der Waals surface area contributed by atoms with Gasteiger partial charge in [0.2, 0.25) is 0 Å². The minimum Gasteiger partial charge on any atom is -0.296 e. The Morgan fingerprint density at radius 1 is 1.18 bits per heavy atom. The Bertz CT molecular complexity index is 550. The van der Waals surface area contributed by atoms with Crippen LogP contribution in [-0.4, -0.2) is 10.1 Å². The highest BCUT2D eigenvalue weighted by molar-refractivity contribution is 5.33. The van der Waals surface area contributed by atoms with Crippen LogP contribution in [0.15, 0.2) is 39.6 Å². The van der Waals surface area contributed by atoms with Gasteiger partial charge in [-0.15, -0.1) is 0 Å². The number of hydrogen-bond acceptors (Lipinski definition) is 3. The van der Waals surface area contributed by atoms with Crippen LogP contribution in [0.4, 0.5) is 0 Å². The van der Waals surface area contributed by atoms with Crippen LogP contribution in [0.25, 0.3) is 0 Å². The second-order valence-electron chi connectivity index (χ2n) is 4.60. The van der Waals surface area contributed by atoms with Gasteiger partial charge in [0.15, 0.2) is 5.82 Å². The fourth-order valence-corrected chi connectivity index (χ4v) is 2.83. The third-order valence-corrected chi connectivity index (χ3v) is 3.68. The highest BCUT2D eigenvalue weighted by Crippen LogP contribution is 2.44. The minimum atomic E-state index is -0.470. The topological polar surface area (TPSA) is 58.9 Å². The molecule has 4 heteroatoms. The normalized spacial score (nSPS) is 18.4. The maximum atomic E-state index is 11.1. The number of nitrogens with one attached hydrogen (secondary N) is 1. The fourth-order valence-electron chi connectivity index (χ4n) is 2.83. The lowest BCUT2D eigenvalue weighted by molar-refractivity contribution is 0.366. The molecule has 0 unspecified atom stereocenters. The van der Waals surface area contributed by atoms with E-state index in [9.17, 15) is 4.79 Å². The molecule has 0 saturated heterocycles. The molecule has 17 heavy (non-hydrogen) atoms. The van der Waals surface area contributed by atoms with E-state index in [2.05, 4.69) is 26.8 Å². The van der Waals surface area contributed by atoms with Crippen molar-refractivity contribution >= 4 is 0 Å². The first-order chi connectivity index (χ1) is 8.31. The monoisotopic (exact) mass is 230 g/mol. The number of aromatic nitrogens is 2. The van der Waals surface area contributed by atoms with E-state index in [0.29, 0.717) is 5.82 Å². The number of benzene rings is 1. The van der Waals surface area contributed by atoms with Crippen molar-refractivity contribution in [2.75, 3.05) is 0 Å². The van der Waals surface area contributed by atoms with Gasteiger partial charge in [-0.2, -0.15) is 0 Å². The zero-order valence-electron chi connectivity index (χ0n) is 9.48. The highest BCUT2D eigenvalue weighted by Gasteiger charge is 2.40. The molecule has 0 spiro atoms. The van der Waals surface area contributed by atoms with E-state index in [1.165, 1.54) is 5.56 Å². The first-order valence-corrected chi connectivity index (χ1v) is 5.93. The van der Waals surface area contributed by atoms with Gasteiger partial charge in [-0.1, -0.05) is 48.3 Å². The van der Waals surface area contributed by atoms with Gasteiger partial charge in [0, 0.05) is 0 Å². The maximum absolute atomic E-state index is 11.1. The standard InChI is InChI=1S/C13H14N2O2/c16-12-14-11(15-17-12)13(8-4-5-9-13)10-6-2-1-3-7-10/h1-3,6-7H,4-5,8-9H2,(H,14,15,16). The smallest absolute Gasteiger partial charge is 0.296 e. The molecule has 88 valence electrons. The summed E-state index contributed by atoms with van der Waals surface area (Å²) in [6.07, 6.45) is 4.34. The summed E-state index contributed by atoms with van der Waals surface area (Å²) in [6, 6.07) is 10.2. The third kappa shape index (κ3) is 1.60. The molecule has 0 radical (unpaired) electrons. The van der Waals surface area contributed by atoms with Crippen LogP contribution in [0.5, 0.6) is 0 Å². The second-order valence-corrected chi connectivity index (χ2v) is 4.60. The Morgan fingerprint density at radius 3 is 2.47 bits per heavy atom. The van der Waals surface area contributed by atoms with Crippen molar-refractivity contribution in [3.63, 3.8) is 0 Å². The molecule has 3 rings (SSSR count). The molecule has 2 aromatic rings. The maximum Gasteiger partial charge on any atom is 0.438 e. The molecule has 1 N–H and O–H groups in total. The van der Waals surface area contributed by atoms with Gasteiger partial charge in [0.05, 0.1) is 5.41 Å². The number of aromatic amines is 1. The lowest BCUT2D eigenvalue weighted by Crippen LogP contribution is -2.26. The lowest BCUT2D eigenvalue weighted by atomic mass is 9.78. The van der Waals surface area contributed by atoms with E-state index in [1.807, 2.05) is 18.2 Å². The summed E-state index contributed by atoms with van der Waals surface area (Å²) in [5.41, 5.74) is 1.05. The van der Waals surface area contributed by atoms with Gasteiger partial charge in [-0.25, -0.2) is 4.79 Å². The Morgan fingerprint density at radius 2 is 1.88 bits per heavy atom. The van der Waals surface area contributed by atoms with Crippen LogP contribution >= 0.6 is 0 Å². The molecule has 1 aromatic carbocycles. The first-order valence-electron chi connectivity index (χ1n) is 5.93. The Kier molecular flexibility index (Phi) is 2.35. The van der Waals surface area contributed by atoms with E-state index in [0.717, 1.165) is 25.7 Å². The first kappa shape index (κ1) is 10.3. The summed E-state index contributed by atoms with van der Waals surface area (Å²) in [6.45, 7) is 0. The predicted molar refractivity (Wildman–Crippen MR) is 62.8 cm³/mol. The summed E-state index contributed by atoms with van der Waals surface area (Å²) >= 11 is 0. The van der Waals surface area contributed by atoms with Gasteiger partial charge in [0.1, 0.15) is 0 Å². The summed E-state index contributed by atoms with van der Waals surface area (Å²) in [4.78, 5) is 13.9. The molecule has 0 atom stereocenters. The largest absolute Gasteiger partial charge is 0.438 e. The van der Waals surface area contributed by atoms with Crippen LogP contribution in [0.1, 0.15) is 37.1 Å². The zero-order chi connectivity index (χ0) is 11.7. The van der Waals surface area contributed by atoms with Crippen molar-refractivity contribution < 1.29 is 4.52 Å². The molecule has 1 aliphatic rings. The number of rotatable bonds is 2. The summed E-state index contributed by atoms with van der Waals surface area (Å²) < 4.78 is 4.66. The summed E-state index contributed by atoms with van der Waals surface area (Å²) in [5.74, 6) is 0.202. The second kappa shape index (κ2) is 3.87. The molecule has 0 amide bonds. The molecule has 1 saturated carbocycles. The van der Waals surface area contributed by atoms with Crippen molar-refractivity contribution in [1.29, 1.82) is 0 Å². The molecule has 4 nitrogen and oxygen atoms in total. The minimum absolute atomic E-state index is 0.159. The predicted octanol–water partition coefficient (Wildman–Crippen LogP) is 2.22. The van der Waals surface area contributed by atoms with Gasteiger partial charge < -0.3 is 0 Å². The van der Waals surface area contributed by atoms with Gasteiger partial charge in [-0.3, -0.25) is 9.51 Å². The third-order valence-electron chi connectivity index (χ3n) is 3.68. The highest BCUT2D eigenvalue weighted by atomic mass is 16.5. The molecule has 1 heterocycles. The van der Waals surface area contributed by atoms with Crippen LogP contribution in [0, 0.1) is 0 Å². The fraction of sp³-hybridized carbons (Fsp3) is 0.385. The molecule has 1 fully saturated rings. The molecule has 1 aromatic heterocycles. The zero-order valence-corrected chi connectivity index (χ0v) is 9.48. The molecule has 0 bridgehead atoms. The van der Waals surface area contributed by atoms with Crippen LogP contribution in [-0.2, 0) is 5.41 Å². The van der Waals surface area contributed by atoms with E-state index in [4.69, 9.17) is 0 Å². The van der Waals surface area contributed by atoms with Crippen molar-refractivity contribution in [1.82, 2.24) is 10.1 Å². The van der Waals surface area contributed by atoms with Gasteiger partial charge in [0.25, 0.3) is 0 Å². The quantitative estimate of drug-likeness (QED) is 0.860. The molecule has 0 aliphatic heterocycles. The van der Waals surface area contributed by atoms with Crippen molar-refractivity contribution in [2.24, 2.45) is 0 Å². The lowest BCUT2D eigenvalue weighted by Gasteiger charge is -2.26. The average molecular weight is 230 g/mol. The number of H-pyrrole nitrogens is 1. The summed E-state index contributed by atoms with van der Waals surface area (Å²) in [5, 5.41) is 3.90. The molecular formula is C13H14N2O2. The van der Waals surface area contributed by atoms with Gasteiger partial charge in [-0.05, 0) is 18.4 Å². The van der Waals surface area contributed by atoms with E-state index >= 15 is 0 Å². The van der Waals surface area contributed by atoms with Crippen molar-refractivity contribution in [3.05, 3.63) is 52.3 Å². The average Bonchev–Trinajstić information content (AvgIpc) is 2.99. The summed E-state index contributed by atoms with van der Waals surface area (Å²) in [7, 11) is 0. The van der Waals surface area contributed by atoms with E-state index in [1.54, 1.807) is 0 Å². The SMILES string of the molecule is O=c1[nH]c(C2(c3ccccc3)CCCC2)no1. The Hall–Kier alpha value is -1.84. The van der Waals surface area contributed by atoms with Crippen LogP contribution in [0.3, 0.4) is 0 Å². The van der Waals surface area contributed by atoms with Crippen LogP contribution in [0.2, 0.25) is 0 Å². The molecule has 1 aliphatic carbocycles. The van der Waals surface area contributed by atoms with Crippen molar-refractivity contribution in [3.8, 4) is 0 Å².